The highest BCUT2D eigenvalue weighted by Crippen LogP contribution is 2.39. The Morgan fingerprint density at radius 3 is 2.89 bits per heavy atom. The Morgan fingerprint density at radius 1 is 1.25 bits per heavy atom. The third-order valence-corrected chi connectivity index (χ3v) is 7.90. The van der Waals surface area contributed by atoms with Crippen LogP contribution in [0.2, 0.25) is 0 Å². The quantitative estimate of drug-likeness (QED) is 0.613. The van der Waals surface area contributed by atoms with E-state index >= 15 is 0 Å². The highest BCUT2D eigenvalue weighted by molar-refractivity contribution is 5.94. The average Bonchev–Trinajstić information content (AvgIpc) is 3.09. The predicted molar refractivity (Wildman–Crippen MR) is 135 cm³/mol. The molecule has 0 radical (unpaired) electrons. The molecular formula is C28H36FN3O4. The van der Waals surface area contributed by atoms with Crippen molar-refractivity contribution in [3.8, 4) is 5.75 Å². The molecule has 0 spiro atoms. The van der Waals surface area contributed by atoms with Crippen molar-refractivity contribution in [2.75, 3.05) is 39.5 Å². The fraction of sp³-hybridized carbons (Fsp3) is 0.536. The van der Waals surface area contributed by atoms with Crippen molar-refractivity contribution in [2.45, 2.75) is 57.5 Å². The summed E-state index contributed by atoms with van der Waals surface area (Å²) in [7, 11) is 0. The summed E-state index contributed by atoms with van der Waals surface area (Å²) in [4.78, 5) is 15.3. The number of nitrogens with one attached hydrogen (secondary N) is 2. The summed E-state index contributed by atoms with van der Waals surface area (Å²) in [6.45, 7) is 10.6. The first-order valence-corrected chi connectivity index (χ1v) is 12.9. The van der Waals surface area contributed by atoms with Gasteiger partial charge in [-0.2, -0.15) is 0 Å². The standard InChI is InChI=1S/C28H36FN3O4/c1-17-18(2)27(36-15-23-13-30-9-10-35-23)8-7-24(17)19(3)32-22-12-25(26(32)16-34-14-22)31-28(33)20-5-4-6-21(29)11-20/h4-8,11,19,22-23,25-26,30H,9-10,12-16H2,1-3H3,(H,31,33). The molecule has 0 aromatic heterocycles. The molecule has 8 heteroatoms. The van der Waals surface area contributed by atoms with Crippen molar-refractivity contribution in [2.24, 2.45) is 0 Å². The van der Waals surface area contributed by atoms with Crippen molar-refractivity contribution >= 4 is 5.91 Å². The molecule has 7 nitrogen and oxygen atoms in total. The lowest BCUT2D eigenvalue weighted by atomic mass is 9.95. The summed E-state index contributed by atoms with van der Waals surface area (Å²) in [6, 6.07) is 10.4. The third-order valence-electron chi connectivity index (χ3n) is 7.90. The lowest BCUT2D eigenvalue weighted by Crippen LogP contribution is -2.52. The molecule has 36 heavy (non-hydrogen) atoms. The molecule has 2 N–H and O–H groups in total. The molecule has 3 fully saturated rings. The zero-order valence-electron chi connectivity index (χ0n) is 21.3. The van der Waals surface area contributed by atoms with Crippen LogP contribution in [0.25, 0.3) is 0 Å². The Morgan fingerprint density at radius 2 is 2.11 bits per heavy atom. The number of benzene rings is 2. The van der Waals surface area contributed by atoms with Crippen LogP contribution >= 0.6 is 0 Å². The molecule has 194 valence electrons. The van der Waals surface area contributed by atoms with E-state index in [1.165, 1.54) is 23.3 Å². The van der Waals surface area contributed by atoms with E-state index in [9.17, 15) is 9.18 Å². The van der Waals surface area contributed by atoms with Crippen LogP contribution in [0.4, 0.5) is 4.39 Å². The van der Waals surface area contributed by atoms with E-state index in [1.807, 2.05) is 0 Å². The van der Waals surface area contributed by atoms with Crippen LogP contribution in [0.3, 0.4) is 0 Å². The maximum absolute atomic E-state index is 13.6. The summed E-state index contributed by atoms with van der Waals surface area (Å²) in [5.74, 6) is 0.237. The first-order chi connectivity index (χ1) is 17.4. The van der Waals surface area contributed by atoms with Crippen molar-refractivity contribution in [1.82, 2.24) is 15.5 Å². The number of halogens is 1. The van der Waals surface area contributed by atoms with Gasteiger partial charge in [0.25, 0.3) is 5.91 Å². The molecule has 1 amide bonds. The van der Waals surface area contributed by atoms with Gasteiger partial charge in [0.2, 0.25) is 0 Å². The third kappa shape index (κ3) is 5.13. The van der Waals surface area contributed by atoms with Crippen molar-refractivity contribution in [3.05, 3.63) is 64.5 Å². The van der Waals surface area contributed by atoms with Crippen LogP contribution in [0.5, 0.6) is 5.75 Å². The number of carbonyl (C=O) groups excluding carboxylic acids is 1. The molecule has 5 unspecified atom stereocenters. The summed E-state index contributed by atoms with van der Waals surface area (Å²) >= 11 is 0. The van der Waals surface area contributed by atoms with Gasteiger partial charge in [0, 0.05) is 36.8 Å². The van der Waals surface area contributed by atoms with Crippen LogP contribution < -0.4 is 15.4 Å². The van der Waals surface area contributed by atoms with Gasteiger partial charge in [0.15, 0.2) is 0 Å². The normalized spacial score (nSPS) is 27.0. The molecule has 5 atom stereocenters. The Bertz CT molecular complexity index is 1090. The minimum atomic E-state index is -0.410. The number of hydrogen-bond donors (Lipinski definition) is 2. The SMILES string of the molecule is Cc1c(OCC2CNCCO2)ccc(C(C)N2C3COCC2C(NC(=O)c2cccc(F)c2)C3)c1C. The number of amides is 1. The number of hydrogen-bond acceptors (Lipinski definition) is 6. The van der Waals surface area contributed by atoms with Gasteiger partial charge in [0.05, 0.1) is 25.9 Å². The highest BCUT2D eigenvalue weighted by atomic mass is 19.1. The van der Waals surface area contributed by atoms with Gasteiger partial charge in [-0.1, -0.05) is 12.1 Å². The molecule has 3 heterocycles. The van der Waals surface area contributed by atoms with Gasteiger partial charge in [0.1, 0.15) is 24.3 Å². The van der Waals surface area contributed by atoms with Gasteiger partial charge in [-0.05, 0) is 68.1 Å². The summed E-state index contributed by atoms with van der Waals surface area (Å²) < 4.78 is 31.4. The maximum atomic E-state index is 13.6. The van der Waals surface area contributed by atoms with E-state index in [0.717, 1.165) is 30.8 Å². The number of ether oxygens (including phenoxy) is 3. The molecule has 5 rings (SSSR count). The lowest BCUT2D eigenvalue weighted by Gasteiger charge is -2.40. The maximum Gasteiger partial charge on any atom is 0.251 e. The van der Waals surface area contributed by atoms with Crippen LogP contribution in [0.1, 0.15) is 46.4 Å². The first-order valence-electron chi connectivity index (χ1n) is 12.9. The van der Waals surface area contributed by atoms with E-state index in [2.05, 4.69) is 48.4 Å². The minimum absolute atomic E-state index is 0.0520. The number of rotatable bonds is 7. The molecule has 3 aliphatic rings. The molecule has 2 bridgehead atoms. The summed E-state index contributed by atoms with van der Waals surface area (Å²) in [5.41, 5.74) is 3.95. The zero-order chi connectivity index (χ0) is 25.2. The van der Waals surface area contributed by atoms with Gasteiger partial charge in [-0.3, -0.25) is 9.69 Å². The van der Waals surface area contributed by atoms with Crippen LogP contribution in [0.15, 0.2) is 36.4 Å². The van der Waals surface area contributed by atoms with E-state index in [4.69, 9.17) is 14.2 Å². The molecule has 2 aromatic carbocycles. The Kier molecular flexibility index (Phi) is 7.57. The molecule has 0 saturated carbocycles. The van der Waals surface area contributed by atoms with Crippen molar-refractivity contribution < 1.29 is 23.4 Å². The van der Waals surface area contributed by atoms with Crippen molar-refractivity contribution in [3.63, 3.8) is 0 Å². The van der Waals surface area contributed by atoms with E-state index in [-0.39, 0.29) is 36.2 Å². The molecule has 0 aliphatic carbocycles. The zero-order valence-corrected chi connectivity index (χ0v) is 21.3. The molecule has 3 saturated heterocycles. The average molecular weight is 498 g/mol. The predicted octanol–water partition coefficient (Wildman–Crippen LogP) is 3.14. The van der Waals surface area contributed by atoms with E-state index in [1.54, 1.807) is 12.1 Å². The second kappa shape index (κ2) is 10.8. The summed E-state index contributed by atoms with van der Waals surface area (Å²) in [6.07, 6.45) is 0.880. The van der Waals surface area contributed by atoms with Gasteiger partial charge >= 0.3 is 0 Å². The van der Waals surface area contributed by atoms with Gasteiger partial charge < -0.3 is 24.8 Å². The number of morpholine rings is 2. The Labute approximate surface area is 212 Å². The van der Waals surface area contributed by atoms with Crippen LogP contribution in [-0.4, -0.2) is 74.6 Å². The smallest absolute Gasteiger partial charge is 0.251 e. The van der Waals surface area contributed by atoms with E-state index in [0.29, 0.717) is 32.0 Å². The second-order valence-electron chi connectivity index (χ2n) is 10.1. The largest absolute Gasteiger partial charge is 0.491 e. The topological polar surface area (TPSA) is 72.1 Å². The lowest BCUT2D eigenvalue weighted by molar-refractivity contribution is -0.0365. The molecular weight excluding hydrogens is 461 g/mol. The van der Waals surface area contributed by atoms with Crippen LogP contribution in [-0.2, 0) is 9.47 Å². The number of nitrogens with zero attached hydrogens (tertiary/aromatic N) is 1. The Hall–Kier alpha value is -2.52. The Balaban J connectivity index is 1.29. The van der Waals surface area contributed by atoms with Gasteiger partial charge in [-0.25, -0.2) is 4.39 Å². The summed E-state index contributed by atoms with van der Waals surface area (Å²) in [5, 5.41) is 6.48. The minimum Gasteiger partial charge on any atom is -0.491 e. The fourth-order valence-electron chi connectivity index (χ4n) is 5.87. The number of fused-ring (bicyclic) bond motifs is 2. The first kappa shape index (κ1) is 25.1. The molecule has 2 aromatic rings. The number of carbonyl (C=O) groups is 1. The monoisotopic (exact) mass is 497 g/mol. The fourth-order valence-corrected chi connectivity index (χ4v) is 5.87. The van der Waals surface area contributed by atoms with Gasteiger partial charge in [-0.15, -0.1) is 0 Å². The highest BCUT2D eigenvalue weighted by Gasteiger charge is 2.47. The molecule has 3 aliphatic heterocycles. The van der Waals surface area contributed by atoms with E-state index < -0.39 is 5.82 Å². The van der Waals surface area contributed by atoms with Crippen molar-refractivity contribution in [1.29, 1.82) is 0 Å². The second-order valence-corrected chi connectivity index (χ2v) is 10.1. The van der Waals surface area contributed by atoms with Crippen LogP contribution in [0, 0.1) is 19.7 Å².